The van der Waals surface area contributed by atoms with Gasteiger partial charge in [0.05, 0.1) is 23.9 Å². The molecule has 5 nitrogen and oxygen atoms in total. The van der Waals surface area contributed by atoms with Crippen LogP contribution in [-0.2, 0) is 11.3 Å². The molecule has 0 spiro atoms. The highest BCUT2D eigenvalue weighted by Gasteiger charge is 2.31. The molecule has 1 aliphatic rings. The maximum absolute atomic E-state index is 12.9. The van der Waals surface area contributed by atoms with E-state index in [0.29, 0.717) is 33.6 Å². The van der Waals surface area contributed by atoms with E-state index in [1.807, 2.05) is 6.07 Å². The lowest BCUT2D eigenvalue weighted by Gasteiger charge is -2.25. The number of nitrogens with zero attached hydrogens (tertiary/aromatic N) is 1. The number of benzene rings is 2. The first kappa shape index (κ1) is 20.6. The number of rotatable bonds is 6. The highest BCUT2D eigenvalue weighted by Crippen LogP contribution is 2.29. The molecule has 0 bridgehead atoms. The van der Waals surface area contributed by atoms with Crippen LogP contribution >= 0.6 is 23.2 Å². The number of nitrogens with one attached hydrogen (secondary N) is 1. The number of ether oxygens (including phenoxy) is 1. The molecule has 28 heavy (non-hydrogen) atoms. The van der Waals surface area contributed by atoms with Crippen LogP contribution in [0.4, 0.5) is 5.69 Å². The third-order valence-electron chi connectivity index (χ3n) is 4.92. The molecule has 1 atom stereocenters. The summed E-state index contributed by atoms with van der Waals surface area (Å²) in [5.41, 5.74) is 2.06. The number of methoxy groups -OCH3 is 1. The van der Waals surface area contributed by atoms with Crippen molar-refractivity contribution in [1.82, 2.24) is 4.90 Å². The van der Waals surface area contributed by atoms with Gasteiger partial charge in [0.25, 0.3) is 0 Å². The van der Waals surface area contributed by atoms with Crippen molar-refractivity contribution >= 4 is 40.6 Å². The predicted octanol–water partition coefficient (Wildman–Crippen LogP) is 4.81. The Labute approximate surface area is 174 Å². The molecule has 3 rings (SSSR count). The fraction of sp³-hybridized carbons (Fsp3) is 0.333. The standard InChI is InChI=1S/C21H22Cl2N2O3/c1-13(26)14-5-8-20(28-2)15(10-14)12-25-9-3-4-19(25)21(27)24-18-7-6-16(22)11-17(18)23/h5-8,10-11,19H,3-4,9,12H2,1-2H3,(H,24,27). The fourth-order valence-electron chi connectivity index (χ4n) is 3.46. The van der Waals surface area contributed by atoms with Crippen molar-refractivity contribution in [2.75, 3.05) is 19.0 Å². The topological polar surface area (TPSA) is 58.6 Å². The van der Waals surface area contributed by atoms with Gasteiger partial charge in [-0.2, -0.15) is 0 Å². The summed E-state index contributed by atoms with van der Waals surface area (Å²) in [5.74, 6) is 0.595. The van der Waals surface area contributed by atoms with E-state index in [4.69, 9.17) is 27.9 Å². The van der Waals surface area contributed by atoms with Crippen molar-refractivity contribution in [2.24, 2.45) is 0 Å². The molecule has 1 fully saturated rings. The van der Waals surface area contributed by atoms with Crippen LogP contribution in [-0.4, -0.2) is 36.3 Å². The number of halogens is 2. The highest BCUT2D eigenvalue weighted by molar-refractivity contribution is 6.36. The van der Waals surface area contributed by atoms with E-state index < -0.39 is 0 Å². The van der Waals surface area contributed by atoms with Gasteiger partial charge in [0.15, 0.2) is 5.78 Å². The van der Waals surface area contributed by atoms with Gasteiger partial charge < -0.3 is 10.1 Å². The van der Waals surface area contributed by atoms with Crippen molar-refractivity contribution in [2.45, 2.75) is 32.4 Å². The van der Waals surface area contributed by atoms with E-state index >= 15 is 0 Å². The zero-order valence-corrected chi connectivity index (χ0v) is 17.3. The lowest BCUT2D eigenvalue weighted by atomic mass is 10.1. The third-order valence-corrected chi connectivity index (χ3v) is 5.46. The number of ketones is 1. The number of amides is 1. The van der Waals surface area contributed by atoms with Crippen LogP contribution in [0.1, 0.15) is 35.7 Å². The van der Waals surface area contributed by atoms with Gasteiger partial charge in [0.2, 0.25) is 5.91 Å². The second-order valence-electron chi connectivity index (χ2n) is 6.82. The maximum Gasteiger partial charge on any atom is 0.241 e. The molecule has 0 radical (unpaired) electrons. The van der Waals surface area contributed by atoms with Crippen LogP contribution in [0.2, 0.25) is 10.0 Å². The summed E-state index contributed by atoms with van der Waals surface area (Å²) >= 11 is 12.1. The minimum absolute atomic E-state index is 0.00278. The number of anilines is 1. The third kappa shape index (κ3) is 4.66. The average Bonchev–Trinajstić information content (AvgIpc) is 3.12. The first-order chi connectivity index (χ1) is 13.4. The Kier molecular flexibility index (Phi) is 6.60. The number of carbonyl (C=O) groups is 2. The summed E-state index contributed by atoms with van der Waals surface area (Å²) in [4.78, 5) is 26.7. The minimum atomic E-state index is -0.280. The molecule has 0 aliphatic carbocycles. The van der Waals surface area contributed by atoms with E-state index in [0.717, 1.165) is 24.9 Å². The summed E-state index contributed by atoms with van der Waals surface area (Å²) in [6, 6.07) is 10.1. The SMILES string of the molecule is COc1ccc(C(C)=O)cc1CN1CCCC1C(=O)Nc1ccc(Cl)cc1Cl. The summed E-state index contributed by atoms with van der Waals surface area (Å²) in [6.07, 6.45) is 1.67. The number of likely N-dealkylation sites (tertiary alicyclic amines) is 1. The van der Waals surface area contributed by atoms with Crippen molar-refractivity contribution in [3.8, 4) is 5.75 Å². The highest BCUT2D eigenvalue weighted by atomic mass is 35.5. The molecule has 1 heterocycles. The van der Waals surface area contributed by atoms with Gasteiger partial charge in [-0.05, 0) is 62.7 Å². The lowest BCUT2D eigenvalue weighted by Crippen LogP contribution is -2.39. The summed E-state index contributed by atoms with van der Waals surface area (Å²) < 4.78 is 5.44. The first-order valence-electron chi connectivity index (χ1n) is 9.07. The van der Waals surface area contributed by atoms with Crippen molar-refractivity contribution in [3.05, 3.63) is 57.6 Å². The largest absolute Gasteiger partial charge is 0.496 e. The predicted molar refractivity (Wildman–Crippen MR) is 112 cm³/mol. The summed E-state index contributed by atoms with van der Waals surface area (Å²) in [6.45, 7) is 2.85. The molecule has 148 valence electrons. The number of Topliss-reactive ketones (excluding diaryl/α,β-unsaturated/α-hetero) is 1. The monoisotopic (exact) mass is 420 g/mol. The second-order valence-corrected chi connectivity index (χ2v) is 7.67. The molecular weight excluding hydrogens is 399 g/mol. The Balaban J connectivity index is 1.77. The molecule has 1 aliphatic heterocycles. The molecule has 1 N–H and O–H groups in total. The quantitative estimate of drug-likeness (QED) is 0.681. The molecule has 0 saturated carbocycles. The summed E-state index contributed by atoms with van der Waals surface area (Å²) in [7, 11) is 1.60. The molecule has 2 aromatic carbocycles. The Morgan fingerprint density at radius 3 is 2.68 bits per heavy atom. The van der Waals surface area contributed by atoms with Crippen LogP contribution in [0, 0.1) is 0 Å². The smallest absolute Gasteiger partial charge is 0.241 e. The van der Waals surface area contributed by atoms with E-state index in [1.54, 1.807) is 37.4 Å². The molecule has 0 aromatic heterocycles. The van der Waals surface area contributed by atoms with Crippen molar-refractivity contribution in [3.63, 3.8) is 0 Å². The van der Waals surface area contributed by atoms with Gasteiger partial charge in [-0.25, -0.2) is 0 Å². The van der Waals surface area contributed by atoms with Gasteiger partial charge >= 0.3 is 0 Å². The van der Waals surface area contributed by atoms with E-state index in [9.17, 15) is 9.59 Å². The van der Waals surface area contributed by atoms with E-state index in [-0.39, 0.29) is 17.7 Å². The number of hydrogen-bond acceptors (Lipinski definition) is 4. The maximum atomic E-state index is 12.9. The Hall–Kier alpha value is -2.08. The molecular formula is C21H22Cl2N2O3. The Morgan fingerprint density at radius 1 is 1.21 bits per heavy atom. The minimum Gasteiger partial charge on any atom is -0.496 e. The van der Waals surface area contributed by atoms with Gasteiger partial charge in [-0.15, -0.1) is 0 Å². The van der Waals surface area contributed by atoms with E-state index in [1.165, 1.54) is 6.92 Å². The second kappa shape index (κ2) is 8.95. The average molecular weight is 421 g/mol. The van der Waals surface area contributed by atoms with E-state index in [2.05, 4.69) is 10.2 Å². The zero-order chi connectivity index (χ0) is 20.3. The molecule has 1 amide bonds. The Bertz CT molecular complexity index is 901. The van der Waals surface area contributed by atoms with Crippen LogP contribution in [0.25, 0.3) is 0 Å². The van der Waals surface area contributed by atoms with Crippen LogP contribution in [0.15, 0.2) is 36.4 Å². The molecule has 1 saturated heterocycles. The van der Waals surface area contributed by atoms with Crippen molar-refractivity contribution < 1.29 is 14.3 Å². The molecule has 1 unspecified atom stereocenters. The number of hydrogen-bond donors (Lipinski definition) is 1. The van der Waals surface area contributed by atoms with Gasteiger partial charge in [-0.3, -0.25) is 14.5 Å². The Morgan fingerprint density at radius 2 is 2.00 bits per heavy atom. The van der Waals surface area contributed by atoms with Crippen LogP contribution in [0.3, 0.4) is 0 Å². The summed E-state index contributed by atoms with van der Waals surface area (Å²) in [5, 5.41) is 3.82. The van der Waals surface area contributed by atoms with Crippen LogP contribution < -0.4 is 10.1 Å². The molecule has 2 aromatic rings. The zero-order valence-electron chi connectivity index (χ0n) is 15.8. The van der Waals surface area contributed by atoms with Gasteiger partial charge in [0, 0.05) is 22.7 Å². The van der Waals surface area contributed by atoms with Gasteiger partial charge in [0.1, 0.15) is 5.75 Å². The van der Waals surface area contributed by atoms with Crippen LogP contribution in [0.5, 0.6) is 5.75 Å². The van der Waals surface area contributed by atoms with Gasteiger partial charge in [-0.1, -0.05) is 23.2 Å². The fourth-order valence-corrected chi connectivity index (χ4v) is 3.91. The van der Waals surface area contributed by atoms with Crippen molar-refractivity contribution in [1.29, 1.82) is 0 Å². The normalized spacial score (nSPS) is 16.8. The number of carbonyl (C=O) groups excluding carboxylic acids is 2. The first-order valence-corrected chi connectivity index (χ1v) is 9.82. The molecule has 7 heteroatoms. The lowest BCUT2D eigenvalue weighted by molar-refractivity contribution is -0.120.